The fraction of sp³-hybridized carbons (Fsp3) is 0.182. The quantitative estimate of drug-likeness (QED) is 0.566. The average molecular weight is 212 g/mol. The highest BCUT2D eigenvalue weighted by molar-refractivity contribution is 6.06. The first-order chi connectivity index (χ1) is 7.15. The molecule has 0 unspecified atom stereocenters. The van der Waals surface area contributed by atoms with E-state index < -0.39 is 6.61 Å². The Kier molecular flexibility index (Phi) is 3.97. The Bertz CT molecular complexity index is 373. The number of para-hydroxylation sites is 1. The molecule has 0 amide bonds. The number of halogens is 2. The number of rotatable bonds is 4. The van der Waals surface area contributed by atoms with Crippen molar-refractivity contribution in [1.82, 2.24) is 0 Å². The molecule has 1 aromatic rings. The normalized spacial score (nSPS) is 10.9. The summed E-state index contributed by atoms with van der Waals surface area (Å²) < 4.78 is 28.2. The fourth-order valence-electron chi connectivity index (χ4n) is 1.11. The first-order valence-corrected chi connectivity index (χ1v) is 4.36. The Morgan fingerprint density at radius 2 is 2.07 bits per heavy atom. The number of carbonyl (C=O) groups is 1. The van der Waals surface area contributed by atoms with Crippen LogP contribution in [0.25, 0.3) is 0 Å². The van der Waals surface area contributed by atoms with Gasteiger partial charge in [-0.05, 0) is 25.1 Å². The lowest BCUT2D eigenvalue weighted by Gasteiger charge is -2.07. The third-order valence-corrected chi connectivity index (χ3v) is 1.69. The van der Waals surface area contributed by atoms with E-state index in [2.05, 4.69) is 4.74 Å². The van der Waals surface area contributed by atoms with Crippen LogP contribution < -0.4 is 4.74 Å². The van der Waals surface area contributed by atoms with Gasteiger partial charge < -0.3 is 4.74 Å². The van der Waals surface area contributed by atoms with E-state index in [9.17, 15) is 13.6 Å². The summed E-state index contributed by atoms with van der Waals surface area (Å²) in [5.41, 5.74) is 0.135. The summed E-state index contributed by atoms with van der Waals surface area (Å²) in [4.78, 5) is 11.4. The number of ether oxygens (including phenoxy) is 1. The highest BCUT2D eigenvalue weighted by Gasteiger charge is 2.12. The number of ketones is 1. The predicted molar refractivity (Wildman–Crippen MR) is 52.2 cm³/mol. The van der Waals surface area contributed by atoms with Gasteiger partial charge in [-0.25, -0.2) is 0 Å². The van der Waals surface area contributed by atoms with Crippen molar-refractivity contribution in [2.24, 2.45) is 0 Å². The monoisotopic (exact) mass is 212 g/mol. The molecule has 0 aliphatic carbocycles. The van der Waals surface area contributed by atoms with Crippen LogP contribution >= 0.6 is 0 Å². The minimum absolute atomic E-state index is 0.101. The zero-order valence-electron chi connectivity index (χ0n) is 8.11. The molecule has 4 heteroatoms. The van der Waals surface area contributed by atoms with Crippen LogP contribution in [0.15, 0.2) is 36.4 Å². The molecule has 0 heterocycles. The Morgan fingerprint density at radius 1 is 1.40 bits per heavy atom. The van der Waals surface area contributed by atoms with Crippen molar-refractivity contribution < 1.29 is 18.3 Å². The molecule has 1 rings (SSSR count). The minimum atomic E-state index is -2.93. The van der Waals surface area contributed by atoms with Crippen molar-refractivity contribution >= 4 is 5.78 Å². The lowest BCUT2D eigenvalue weighted by molar-refractivity contribution is -0.0501. The maximum atomic E-state index is 12.0. The average Bonchev–Trinajstić information content (AvgIpc) is 2.18. The van der Waals surface area contributed by atoms with Gasteiger partial charge in [0.15, 0.2) is 5.78 Å². The summed E-state index contributed by atoms with van der Waals surface area (Å²) in [7, 11) is 0. The summed E-state index contributed by atoms with van der Waals surface area (Å²) in [6, 6.07) is 5.90. The van der Waals surface area contributed by atoms with Gasteiger partial charge in [0.25, 0.3) is 0 Å². The van der Waals surface area contributed by atoms with Crippen LogP contribution in [0.2, 0.25) is 0 Å². The van der Waals surface area contributed by atoms with Gasteiger partial charge in [-0.3, -0.25) is 4.79 Å². The molecule has 0 aromatic heterocycles. The molecule has 0 spiro atoms. The molecule has 1 aromatic carbocycles. The van der Waals surface area contributed by atoms with Gasteiger partial charge in [-0.15, -0.1) is 0 Å². The van der Waals surface area contributed by atoms with E-state index >= 15 is 0 Å². The van der Waals surface area contributed by atoms with Gasteiger partial charge in [0, 0.05) is 0 Å². The van der Waals surface area contributed by atoms with Crippen LogP contribution in [0, 0.1) is 0 Å². The van der Waals surface area contributed by atoms with Crippen molar-refractivity contribution in [3.05, 3.63) is 42.0 Å². The van der Waals surface area contributed by atoms with Gasteiger partial charge >= 0.3 is 6.61 Å². The van der Waals surface area contributed by atoms with Crippen molar-refractivity contribution in [2.45, 2.75) is 13.5 Å². The molecule has 2 nitrogen and oxygen atoms in total. The second-order valence-electron chi connectivity index (χ2n) is 2.74. The maximum Gasteiger partial charge on any atom is 0.387 e. The van der Waals surface area contributed by atoms with Crippen molar-refractivity contribution in [2.75, 3.05) is 0 Å². The molecule has 0 atom stereocenters. The van der Waals surface area contributed by atoms with E-state index in [1.54, 1.807) is 19.1 Å². The molecule has 0 aliphatic rings. The third-order valence-electron chi connectivity index (χ3n) is 1.69. The molecule has 80 valence electrons. The first-order valence-electron chi connectivity index (χ1n) is 4.36. The SMILES string of the molecule is C/C=C/C(=O)c1ccccc1OC(F)F. The van der Waals surface area contributed by atoms with Crippen LogP contribution in [0.1, 0.15) is 17.3 Å². The summed E-state index contributed by atoms with van der Waals surface area (Å²) in [6.45, 7) is -1.25. The van der Waals surface area contributed by atoms with E-state index in [4.69, 9.17) is 0 Å². The van der Waals surface area contributed by atoms with E-state index in [0.29, 0.717) is 0 Å². The number of allylic oxidation sites excluding steroid dienone is 2. The Labute approximate surface area is 86.2 Å². The number of carbonyl (C=O) groups excluding carboxylic acids is 1. The number of benzene rings is 1. The molecule has 0 radical (unpaired) electrons. The summed E-state index contributed by atoms with van der Waals surface area (Å²) in [5, 5.41) is 0. The zero-order chi connectivity index (χ0) is 11.3. The highest BCUT2D eigenvalue weighted by Crippen LogP contribution is 2.20. The largest absolute Gasteiger partial charge is 0.434 e. The molecule has 0 saturated heterocycles. The van der Waals surface area contributed by atoms with Gasteiger partial charge in [0.05, 0.1) is 5.56 Å². The highest BCUT2D eigenvalue weighted by atomic mass is 19.3. The summed E-state index contributed by atoms with van der Waals surface area (Å²) in [5.74, 6) is -0.454. The van der Waals surface area contributed by atoms with Gasteiger partial charge in [0.2, 0.25) is 0 Å². The lowest BCUT2D eigenvalue weighted by atomic mass is 10.1. The summed E-state index contributed by atoms with van der Waals surface area (Å²) in [6.07, 6.45) is 2.84. The Balaban J connectivity index is 3.00. The van der Waals surface area contributed by atoms with E-state index in [0.717, 1.165) is 0 Å². The standard InChI is InChI=1S/C11H10F2O2/c1-2-5-9(14)8-6-3-4-7-10(8)15-11(12)13/h2-7,11H,1H3/b5-2+. The minimum Gasteiger partial charge on any atom is -0.434 e. The van der Waals surface area contributed by atoms with Gasteiger partial charge in [0.1, 0.15) is 5.75 Å². The van der Waals surface area contributed by atoms with Crippen molar-refractivity contribution in [1.29, 1.82) is 0 Å². The van der Waals surface area contributed by atoms with Crippen molar-refractivity contribution in [3.63, 3.8) is 0 Å². The van der Waals surface area contributed by atoms with Crippen LogP contribution in [0.4, 0.5) is 8.78 Å². The van der Waals surface area contributed by atoms with Crippen LogP contribution in [0.3, 0.4) is 0 Å². The van der Waals surface area contributed by atoms with Crippen LogP contribution in [0.5, 0.6) is 5.75 Å². The second-order valence-corrected chi connectivity index (χ2v) is 2.74. The smallest absolute Gasteiger partial charge is 0.387 e. The van der Waals surface area contributed by atoms with Crippen molar-refractivity contribution in [3.8, 4) is 5.75 Å². The molecule has 15 heavy (non-hydrogen) atoms. The van der Waals surface area contributed by atoms with E-state index in [1.807, 2.05) is 0 Å². The summed E-state index contributed by atoms with van der Waals surface area (Å²) >= 11 is 0. The molecular weight excluding hydrogens is 202 g/mol. The molecule has 0 bridgehead atoms. The molecule has 0 saturated carbocycles. The van der Waals surface area contributed by atoms with Crippen LogP contribution in [-0.2, 0) is 0 Å². The Morgan fingerprint density at radius 3 is 2.67 bits per heavy atom. The molecular formula is C11H10F2O2. The Hall–Kier alpha value is -1.71. The lowest BCUT2D eigenvalue weighted by Crippen LogP contribution is -2.06. The third kappa shape index (κ3) is 3.16. The molecule has 0 N–H and O–H groups in total. The zero-order valence-corrected chi connectivity index (χ0v) is 8.11. The van der Waals surface area contributed by atoms with E-state index in [1.165, 1.54) is 24.3 Å². The van der Waals surface area contributed by atoms with E-state index in [-0.39, 0.29) is 17.1 Å². The second kappa shape index (κ2) is 5.24. The molecule has 0 fully saturated rings. The fourth-order valence-corrected chi connectivity index (χ4v) is 1.11. The maximum absolute atomic E-state index is 12.0. The number of hydrogen-bond donors (Lipinski definition) is 0. The predicted octanol–water partition coefficient (Wildman–Crippen LogP) is 3.05. The van der Waals surface area contributed by atoms with Gasteiger partial charge in [-0.2, -0.15) is 8.78 Å². The number of alkyl halides is 2. The number of hydrogen-bond acceptors (Lipinski definition) is 2. The first kappa shape index (κ1) is 11.4. The van der Waals surface area contributed by atoms with Gasteiger partial charge in [-0.1, -0.05) is 18.2 Å². The topological polar surface area (TPSA) is 26.3 Å². The van der Waals surface area contributed by atoms with Crippen LogP contribution in [-0.4, -0.2) is 12.4 Å². The molecule has 0 aliphatic heterocycles.